The molecule has 0 saturated carbocycles. The number of cyclic esters (lactones) is 1. The second-order valence-corrected chi connectivity index (χ2v) is 3.96. The van der Waals surface area contributed by atoms with Gasteiger partial charge in [-0.15, -0.1) is 0 Å². The summed E-state index contributed by atoms with van der Waals surface area (Å²) >= 11 is 0. The Morgan fingerprint density at radius 2 is 2.24 bits per heavy atom. The summed E-state index contributed by atoms with van der Waals surface area (Å²) in [6.45, 7) is 0.644. The Morgan fingerprint density at radius 1 is 1.47 bits per heavy atom. The topological polar surface area (TPSA) is 49.8 Å². The number of hydrogen-bond acceptors (Lipinski definition) is 3. The molecule has 1 heterocycles. The van der Waals surface area contributed by atoms with E-state index in [9.17, 15) is 9.18 Å². The highest BCUT2D eigenvalue weighted by atomic mass is 19.1. The smallest absolute Gasteiger partial charge is 0.409 e. The van der Waals surface area contributed by atoms with Gasteiger partial charge in [0, 0.05) is 19.0 Å². The van der Waals surface area contributed by atoms with Crippen LogP contribution in [0.1, 0.15) is 11.5 Å². The van der Waals surface area contributed by atoms with E-state index in [1.54, 1.807) is 18.2 Å². The quantitative estimate of drug-likeness (QED) is 0.866. The van der Waals surface area contributed by atoms with E-state index in [0.29, 0.717) is 12.1 Å². The van der Waals surface area contributed by atoms with Crippen LogP contribution in [0, 0.1) is 5.82 Å². The molecule has 0 aliphatic carbocycles. The molecule has 1 aliphatic rings. The van der Waals surface area contributed by atoms with Crippen molar-refractivity contribution in [1.82, 2.24) is 4.90 Å². The van der Waals surface area contributed by atoms with Gasteiger partial charge in [-0.25, -0.2) is 9.18 Å². The lowest BCUT2D eigenvalue weighted by atomic mass is 9.98. The van der Waals surface area contributed by atoms with Crippen LogP contribution in [0.2, 0.25) is 0 Å². The molecule has 1 aliphatic heterocycles. The van der Waals surface area contributed by atoms with E-state index in [0.717, 1.165) is 0 Å². The fourth-order valence-electron chi connectivity index (χ4n) is 1.95. The molecule has 17 heavy (non-hydrogen) atoms. The number of ether oxygens (including phenoxy) is 1. The average Bonchev–Trinajstić information content (AvgIpc) is 2.33. The van der Waals surface area contributed by atoms with Crippen molar-refractivity contribution in [1.29, 1.82) is 0 Å². The molecule has 5 heteroatoms. The summed E-state index contributed by atoms with van der Waals surface area (Å²) in [6.07, 6.45) is -0.452. The summed E-state index contributed by atoms with van der Waals surface area (Å²) in [4.78, 5) is 12.7. The highest BCUT2D eigenvalue weighted by Gasteiger charge is 2.29. The Kier molecular flexibility index (Phi) is 3.58. The molecule has 0 bridgehead atoms. The molecule has 1 unspecified atom stereocenters. The molecule has 1 amide bonds. The lowest BCUT2D eigenvalue weighted by Gasteiger charge is -2.32. The van der Waals surface area contributed by atoms with E-state index in [-0.39, 0.29) is 31.5 Å². The zero-order valence-corrected chi connectivity index (χ0v) is 9.30. The molecule has 1 atom stereocenters. The van der Waals surface area contributed by atoms with Crippen LogP contribution in [-0.2, 0) is 4.74 Å². The normalized spacial score (nSPS) is 20.2. The van der Waals surface area contributed by atoms with E-state index in [1.807, 2.05) is 0 Å². The minimum Gasteiger partial charge on any atom is -0.449 e. The standard InChI is InChI=1S/C12H14FNO3/c13-11-4-2-1-3-10(11)9-7-14(5-6-15)12(16)17-8-9/h1-4,9,15H,5-8H2. The lowest BCUT2D eigenvalue weighted by molar-refractivity contribution is 0.0540. The number of carbonyl (C=O) groups excluding carboxylic acids is 1. The second-order valence-electron chi connectivity index (χ2n) is 3.96. The molecule has 1 fully saturated rings. The van der Waals surface area contributed by atoms with E-state index >= 15 is 0 Å². The minimum atomic E-state index is -0.452. The highest BCUT2D eigenvalue weighted by molar-refractivity contribution is 5.68. The average molecular weight is 239 g/mol. The Morgan fingerprint density at radius 3 is 2.94 bits per heavy atom. The highest BCUT2D eigenvalue weighted by Crippen LogP contribution is 2.24. The fourth-order valence-corrected chi connectivity index (χ4v) is 1.95. The predicted octanol–water partition coefficient (Wildman–Crippen LogP) is 1.35. The van der Waals surface area contributed by atoms with Gasteiger partial charge in [-0.2, -0.15) is 0 Å². The Balaban J connectivity index is 2.13. The number of aliphatic hydroxyl groups is 1. The minimum absolute atomic E-state index is 0.126. The van der Waals surface area contributed by atoms with Crippen molar-refractivity contribution in [3.63, 3.8) is 0 Å². The molecule has 2 rings (SSSR count). The Hall–Kier alpha value is -1.62. The number of amides is 1. The van der Waals surface area contributed by atoms with E-state index in [4.69, 9.17) is 9.84 Å². The van der Waals surface area contributed by atoms with Crippen LogP contribution >= 0.6 is 0 Å². The van der Waals surface area contributed by atoms with Crippen LogP contribution in [0.5, 0.6) is 0 Å². The van der Waals surface area contributed by atoms with Crippen LogP contribution in [0.25, 0.3) is 0 Å². The largest absolute Gasteiger partial charge is 0.449 e. The second kappa shape index (κ2) is 5.14. The maximum Gasteiger partial charge on any atom is 0.409 e. The van der Waals surface area contributed by atoms with Gasteiger partial charge in [0.2, 0.25) is 0 Å². The zero-order chi connectivity index (χ0) is 12.3. The van der Waals surface area contributed by atoms with Crippen LogP contribution in [0.4, 0.5) is 9.18 Å². The van der Waals surface area contributed by atoms with Crippen molar-refractivity contribution in [3.8, 4) is 0 Å². The number of nitrogens with zero attached hydrogens (tertiary/aromatic N) is 1. The van der Waals surface area contributed by atoms with Crippen molar-refractivity contribution in [2.45, 2.75) is 5.92 Å². The molecule has 4 nitrogen and oxygen atoms in total. The first-order valence-electron chi connectivity index (χ1n) is 5.49. The first-order valence-corrected chi connectivity index (χ1v) is 5.49. The molecular weight excluding hydrogens is 225 g/mol. The van der Waals surface area contributed by atoms with Gasteiger partial charge >= 0.3 is 6.09 Å². The van der Waals surface area contributed by atoms with Gasteiger partial charge in [0.15, 0.2) is 0 Å². The third-order valence-electron chi connectivity index (χ3n) is 2.82. The zero-order valence-electron chi connectivity index (χ0n) is 9.30. The van der Waals surface area contributed by atoms with E-state index < -0.39 is 6.09 Å². The van der Waals surface area contributed by atoms with E-state index in [1.165, 1.54) is 11.0 Å². The monoisotopic (exact) mass is 239 g/mol. The predicted molar refractivity (Wildman–Crippen MR) is 59.1 cm³/mol. The van der Waals surface area contributed by atoms with Crippen LogP contribution in [0.15, 0.2) is 24.3 Å². The molecule has 1 N–H and O–H groups in total. The summed E-state index contributed by atoms with van der Waals surface area (Å²) in [5.74, 6) is -0.472. The maximum atomic E-state index is 13.6. The van der Waals surface area contributed by atoms with E-state index in [2.05, 4.69) is 0 Å². The molecule has 0 radical (unpaired) electrons. The SMILES string of the molecule is O=C1OCC(c2ccccc2F)CN1CCO. The molecule has 1 aromatic rings. The lowest BCUT2D eigenvalue weighted by Crippen LogP contribution is -2.43. The summed E-state index contributed by atoms with van der Waals surface area (Å²) in [5.41, 5.74) is 0.544. The first-order chi connectivity index (χ1) is 8.22. The number of carbonyl (C=O) groups is 1. The number of β-amino-alcohol motifs (C(OH)–C–C–N with tert-alkyl or cyclic N) is 1. The Labute approximate surface area is 98.6 Å². The molecule has 1 aromatic carbocycles. The van der Waals surface area contributed by atoms with Crippen molar-refractivity contribution >= 4 is 6.09 Å². The van der Waals surface area contributed by atoms with Gasteiger partial charge < -0.3 is 14.7 Å². The third-order valence-corrected chi connectivity index (χ3v) is 2.82. The molecule has 92 valence electrons. The summed E-state index contributed by atoms with van der Waals surface area (Å²) in [5, 5.41) is 8.82. The molecule has 0 aromatic heterocycles. The van der Waals surface area contributed by atoms with Gasteiger partial charge in [0.25, 0.3) is 0 Å². The van der Waals surface area contributed by atoms with Crippen LogP contribution in [-0.4, -0.2) is 42.4 Å². The molecule has 1 saturated heterocycles. The van der Waals surface area contributed by atoms with Crippen molar-refractivity contribution in [2.24, 2.45) is 0 Å². The van der Waals surface area contributed by atoms with Crippen LogP contribution < -0.4 is 0 Å². The molecular formula is C12H14FNO3. The van der Waals surface area contributed by atoms with Gasteiger partial charge in [-0.05, 0) is 11.6 Å². The Bertz CT molecular complexity index is 410. The first kappa shape index (κ1) is 11.9. The summed E-state index contributed by atoms with van der Waals surface area (Å²) in [6, 6.07) is 6.46. The van der Waals surface area contributed by atoms with Crippen molar-refractivity contribution in [3.05, 3.63) is 35.6 Å². The van der Waals surface area contributed by atoms with Crippen molar-refractivity contribution < 1.29 is 19.0 Å². The van der Waals surface area contributed by atoms with Gasteiger partial charge in [-0.1, -0.05) is 18.2 Å². The number of aliphatic hydroxyl groups excluding tert-OH is 1. The van der Waals surface area contributed by atoms with Crippen LogP contribution in [0.3, 0.4) is 0 Å². The number of benzene rings is 1. The number of hydrogen-bond donors (Lipinski definition) is 1. The number of rotatable bonds is 3. The fraction of sp³-hybridized carbons (Fsp3) is 0.417. The number of halogens is 1. The third kappa shape index (κ3) is 2.55. The molecule has 0 spiro atoms. The summed E-state index contributed by atoms with van der Waals surface area (Å²) < 4.78 is 18.6. The van der Waals surface area contributed by atoms with Gasteiger partial charge in [0.1, 0.15) is 12.4 Å². The van der Waals surface area contributed by atoms with Crippen molar-refractivity contribution in [2.75, 3.05) is 26.3 Å². The van der Waals surface area contributed by atoms with Gasteiger partial charge in [0.05, 0.1) is 6.61 Å². The maximum absolute atomic E-state index is 13.6. The summed E-state index contributed by atoms with van der Waals surface area (Å²) in [7, 11) is 0. The van der Waals surface area contributed by atoms with Gasteiger partial charge in [-0.3, -0.25) is 0 Å².